The molecular formula is C21H17FN2O3. The third kappa shape index (κ3) is 3.46. The highest BCUT2D eigenvalue weighted by Gasteiger charge is 2.23. The molecule has 0 aliphatic carbocycles. The molecule has 27 heavy (non-hydrogen) atoms. The van der Waals surface area contributed by atoms with Crippen LogP contribution < -0.4 is 9.47 Å². The number of aromatic nitrogens is 1. The molecule has 0 atom stereocenters. The number of nitrogens with zero attached hydrogens (tertiary/aromatic N) is 2. The first-order valence-corrected chi connectivity index (χ1v) is 8.46. The van der Waals surface area contributed by atoms with E-state index in [2.05, 4.69) is 4.98 Å². The molecule has 1 aliphatic heterocycles. The number of halogens is 1. The number of methoxy groups -OCH3 is 1. The van der Waals surface area contributed by atoms with Crippen molar-refractivity contribution in [1.82, 2.24) is 9.88 Å². The van der Waals surface area contributed by atoms with Gasteiger partial charge in [0.25, 0.3) is 5.91 Å². The summed E-state index contributed by atoms with van der Waals surface area (Å²) in [4.78, 5) is 18.7. The van der Waals surface area contributed by atoms with Gasteiger partial charge in [0, 0.05) is 35.7 Å². The predicted molar refractivity (Wildman–Crippen MR) is 97.3 cm³/mol. The molecular weight excluding hydrogens is 347 g/mol. The third-order valence-corrected chi connectivity index (χ3v) is 4.44. The fourth-order valence-corrected chi connectivity index (χ4v) is 3.04. The van der Waals surface area contributed by atoms with Crippen LogP contribution in [0.2, 0.25) is 0 Å². The van der Waals surface area contributed by atoms with Crippen molar-refractivity contribution < 1.29 is 18.7 Å². The van der Waals surface area contributed by atoms with Crippen molar-refractivity contribution in [1.29, 1.82) is 0 Å². The van der Waals surface area contributed by atoms with Gasteiger partial charge in [0.2, 0.25) is 0 Å². The molecule has 4 rings (SSSR count). The zero-order chi connectivity index (χ0) is 18.8. The standard InChI is InChI=1S/C21H17FN2O3/c1-26-18-7-5-16-13-24(21(25)14-3-2-8-23-11-14)12-15-4-6-17(22)9-19(15)27-20(16)10-18/h2-11H,12-13H2,1H3. The fraction of sp³-hybridized carbons (Fsp3) is 0.143. The molecule has 2 aromatic carbocycles. The summed E-state index contributed by atoms with van der Waals surface area (Å²) in [5.41, 5.74) is 2.03. The van der Waals surface area contributed by atoms with Crippen LogP contribution in [0.15, 0.2) is 60.9 Å². The van der Waals surface area contributed by atoms with Gasteiger partial charge in [0.15, 0.2) is 0 Å². The third-order valence-electron chi connectivity index (χ3n) is 4.44. The lowest BCUT2D eigenvalue weighted by Gasteiger charge is -2.28. The maximum absolute atomic E-state index is 13.8. The topological polar surface area (TPSA) is 51.7 Å². The molecule has 1 aromatic heterocycles. The highest BCUT2D eigenvalue weighted by atomic mass is 19.1. The van der Waals surface area contributed by atoms with Gasteiger partial charge in [-0.25, -0.2) is 4.39 Å². The van der Waals surface area contributed by atoms with Crippen molar-refractivity contribution in [3.8, 4) is 17.2 Å². The van der Waals surface area contributed by atoms with Crippen LogP contribution in [-0.4, -0.2) is 22.9 Å². The minimum atomic E-state index is -0.399. The zero-order valence-corrected chi connectivity index (χ0v) is 14.7. The smallest absolute Gasteiger partial charge is 0.256 e. The largest absolute Gasteiger partial charge is 0.497 e. The summed E-state index contributed by atoms with van der Waals surface area (Å²) in [5.74, 6) is 0.987. The molecule has 0 fully saturated rings. The van der Waals surface area contributed by atoms with Crippen molar-refractivity contribution >= 4 is 5.91 Å². The predicted octanol–water partition coefficient (Wildman–Crippen LogP) is 4.18. The van der Waals surface area contributed by atoms with Crippen LogP contribution >= 0.6 is 0 Å². The maximum atomic E-state index is 13.8. The minimum Gasteiger partial charge on any atom is -0.497 e. The van der Waals surface area contributed by atoms with E-state index < -0.39 is 5.82 Å². The fourth-order valence-electron chi connectivity index (χ4n) is 3.04. The van der Waals surface area contributed by atoms with E-state index in [1.807, 2.05) is 12.1 Å². The van der Waals surface area contributed by atoms with Gasteiger partial charge < -0.3 is 14.4 Å². The summed E-state index contributed by atoms with van der Waals surface area (Å²) in [6, 6.07) is 13.2. The second-order valence-corrected chi connectivity index (χ2v) is 6.23. The average Bonchev–Trinajstić information content (AvgIpc) is 2.68. The Morgan fingerprint density at radius 2 is 1.85 bits per heavy atom. The number of rotatable bonds is 2. The van der Waals surface area contributed by atoms with Crippen molar-refractivity contribution in [3.63, 3.8) is 0 Å². The second kappa shape index (κ2) is 7.07. The number of amides is 1. The Morgan fingerprint density at radius 1 is 1.11 bits per heavy atom. The number of ether oxygens (including phenoxy) is 2. The van der Waals surface area contributed by atoms with Crippen molar-refractivity contribution in [2.24, 2.45) is 0 Å². The number of benzene rings is 2. The second-order valence-electron chi connectivity index (χ2n) is 6.23. The lowest BCUT2D eigenvalue weighted by atomic mass is 10.1. The Bertz CT molecular complexity index is 992. The minimum absolute atomic E-state index is 0.151. The number of hydrogen-bond acceptors (Lipinski definition) is 4. The molecule has 0 bridgehead atoms. The molecule has 2 heterocycles. The van der Waals surface area contributed by atoms with E-state index in [9.17, 15) is 9.18 Å². The normalized spacial score (nSPS) is 12.9. The van der Waals surface area contributed by atoms with Gasteiger partial charge in [-0.3, -0.25) is 9.78 Å². The number of fused-ring (bicyclic) bond motifs is 2. The van der Waals surface area contributed by atoms with E-state index in [-0.39, 0.29) is 5.91 Å². The van der Waals surface area contributed by atoms with Crippen LogP contribution in [0.1, 0.15) is 21.5 Å². The Hall–Kier alpha value is -3.41. The maximum Gasteiger partial charge on any atom is 0.256 e. The van der Waals surface area contributed by atoms with Crippen molar-refractivity contribution in [3.05, 3.63) is 83.4 Å². The molecule has 0 saturated heterocycles. The molecule has 1 amide bonds. The van der Waals surface area contributed by atoms with Gasteiger partial charge in [0.05, 0.1) is 25.8 Å². The first kappa shape index (κ1) is 17.0. The summed E-state index contributed by atoms with van der Waals surface area (Å²) in [6.45, 7) is 0.651. The van der Waals surface area contributed by atoms with Gasteiger partial charge in [-0.05, 0) is 30.3 Å². The molecule has 6 heteroatoms. The molecule has 0 N–H and O–H groups in total. The summed E-state index contributed by atoms with van der Waals surface area (Å²) >= 11 is 0. The molecule has 0 spiro atoms. The van der Waals surface area contributed by atoms with Gasteiger partial charge in [-0.1, -0.05) is 6.07 Å². The van der Waals surface area contributed by atoms with Crippen LogP contribution in [0.5, 0.6) is 17.2 Å². The van der Waals surface area contributed by atoms with Gasteiger partial charge in [-0.2, -0.15) is 0 Å². The summed E-state index contributed by atoms with van der Waals surface area (Å²) in [5, 5.41) is 0. The highest BCUT2D eigenvalue weighted by molar-refractivity contribution is 5.94. The SMILES string of the molecule is COc1ccc2c(c1)Oc1cc(F)ccc1CN(C(=O)c1cccnc1)C2. The van der Waals surface area contributed by atoms with E-state index in [0.29, 0.717) is 35.9 Å². The molecule has 3 aromatic rings. The molecule has 136 valence electrons. The van der Waals surface area contributed by atoms with Gasteiger partial charge in [-0.15, -0.1) is 0 Å². The Balaban J connectivity index is 1.79. The summed E-state index contributed by atoms with van der Waals surface area (Å²) in [6.07, 6.45) is 3.16. The van der Waals surface area contributed by atoms with Gasteiger partial charge >= 0.3 is 0 Å². The van der Waals surface area contributed by atoms with Crippen LogP contribution in [0, 0.1) is 5.82 Å². The van der Waals surface area contributed by atoms with Crippen molar-refractivity contribution in [2.75, 3.05) is 7.11 Å². The van der Waals surface area contributed by atoms with E-state index in [1.165, 1.54) is 18.3 Å². The van der Waals surface area contributed by atoms with Crippen LogP contribution in [0.25, 0.3) is 0 Å². The quantitative estimate of drug-likeness (QED) is 0.685. The van der Waals surface area contributed by atoms with Crippen LogP contribution in [0.3, 0.4) is 0 Å². The molecule has 0 unspecified atom stereocenters. The molecule has 1 aliphatic rings. The lowest BCUT2D eigenvalue weighted by Crippen LogP contribution is -2.31. The number of pyridine rings is 1. The molecule has 0 radical (unpaired) electrons. The van der Waals surface area contributed by atoms with E-state index in [4.69, 9.17) is 9.47 Å². The molecule has 5 nitrogen and oxygen atoms in total. The Kier molecular flexibility index (Phi) is 4.46. The summed E-state index contributed by atoms with van der Waals surface area (Å²) < 4.78 is 25.0. The van der Waals surface area contributed by atoms with Crippen LogP contribution in [-0.2, 0) is 13.1 Å². The van der Waals surface area contributed by atoms with E-state index >= 15 is 0 Å². The van der Waals surface area contributed by atoms with E-state index in [0.717, 1.165) is 11.1 Å². The Labute approximate surface area is 156 Å². The number of carbonyl (C=O) groups is 1. The summed E-state index contributed by atoms with van der Waals surface area (Å²) in [7, 11) is 1.57. The lowest BCUT2D eigenvalue weighted by molar-refractivity contribution is 0.0724. The van der Waals surface area contributed by atoms with Crippen LogP contribution in [0.4, 0.5) is 4.39 Å². The van der Waals surface area contributed by atoms with E-state index in [1.54, 1.807) is 42.5 Å². The number of hydrogen-bond donors (Lipinski definition) is 0. The first-order chi connectivity index (χ1) is 13.1. The van der Waals surface area contributed by atoms with Gasteiger partial charge in [0.1, 0.15) is 23.1 Å². The average molecular weight is 364 g/mol. The zero-order valence-electron chi connectivity index (χ0n) is 14.7. The first-order valence-electron chi connectivity index (χ1n) is 8.46. The highest BCUT2D eigenvalue weighted by Crippen LogP contribution is 2.36. The number of carbonyl (C=O) groups excluding carboxylic acids is 1. The Morgan fingerprint density at radius 3 is 2.56 bits per heavy atom. The van der Waals surface area contributed by atoms with Crippen molar-refractivity contribution in [2.45, 2.75) is 13.1 Å². The molecule has 0 saturated carbocycles. The monoisotopic (exact) mass is 364 g/mol.